The van der Waals surface area contributed by atoms with E-state index in [9.17, 15) is 4.79 Å². The summed E-state index contributed by atoms with van der Waals surface area (Å²) in [5.74, 6) is 0.901. The Bertz CT molecular complexity index is 397. The molecule has 1 fully saturated rings. The summed E-state index contributed by atoms with van der Waals surface area (Å²) in [6.07, 6.45) is 4.08. The molecule has 4 heteroatoms. The fourth-order valence-electron chi connectivity index (χ4n) is 2.34. The summed E-state index contributed by atoms with van der Waals surface area (Å²) >= 11 is 0. The van der Waals surface area contributed by atoms with Crippen LogP contribution in [0.3, 0.4) is 0 Å². The molecule has 1 atom stereocenters. The number of rotatable bonds is 5. The van der Waals surface area contributed by atoms with E-state index in [0.29, 0.717) is 19.1 Å². The molecular formula is C15H22N2O2. The summed E-state index contributed by atoms with van der Waals surface area (Å²) in [6.45, 7) is 3.63. The van der Waals surface area contributed by atoms with Crippen LogP contribution >= 0.6 is 0 Å². The lowest BCUT2D eigenvalue weighted by atomic mass is 10.0. The molecule has 19 heavy (non-hydrogen) atoms. The number of carbonyl (C=O) groups excluding carboxylic acids is 1. The van der Waals surface area contributed by atoms with Crippen molar-refractivity contribution in [2.24, 2.45) is 0 Å². The van der Waals surface area contributed by atoms with Crippen LogP contribution in [0.1, 0.15) is 32.6 Å². The molecule has 4 nitrogen and oxygen atoms in total. The average molecular weight is 262 g/mol. The van der Waals surface area contributed by atoms with Crippen LogP contribution in [-0.2, 0) is 4.79 Å². The van der Waals surface area contributed by atoms with Crippen molar-refractivity contribution in [3.05, 3.63) is 24.3 Å². The second-order valence-electron chi connectivity index (χ2n) is 4.86. The number of hydrogen-bond acceptors (Lipinski definition) is 3. The van der Waals surface area contributed by atoms with Gasteiger partial charge in [-0.2, -0.15) is 0 Å². The Labute approximate surface area is 114 Å². The zero-order valence-electron chi connectivity index (χ0n) is 11.4. The summed E-state index contributed by atoms with van der Waals surface area (Å²) in [7, 11) is 0. The Kier molecular flexibility index (Phi) is 5.21. The third kappa shape index (κ3) is 4.56. The molecule has 1 saturated heterocycles. The first-order valence-electron chi connectivity index (χ1n) is 7.04. The van der Waals surface area contributed by atoms with Crippen molar-refractivity contribution in [3.8, 4) is 5.75 Å². The highest BCUT2D eigenvalue weighted by Gasteiger charge is 2.16. The topological polar surface area (TPSA) is 50.4 Å². The quantitative estimate of drug-likeness (QED) is 0.857. The van der Waals surface area contributed by atoms with Gasteiger partial charge in [0.1, 0.15) is 5.75 Å². The van der Waals surface area contributed by atoms with Crippen LogP contribution in [0, 0.1) is 0 Å². The summed E-state index contributed by atoms with van der Waals surface area (Å²) in [5.41, 5.74) is 0.823. The van der Waals surface area contributed by atoms with Gasteiger partial charge in [0.05, 0.1) is 6.61 Å². The van der Waals surface area contributed by atoms with Crippen LogP contribution in [0.2, 0.25) is 0 Å². The normalized spacial score (nSPS) is 18.9. The molecule has 2 N–H and O–H groups in total. The molecule has 1 amide bonds. The molecular weight excluding hydrogens is 240 g/mol. The first-order chi connectivity index (χ1) is 9.28. The molecule has 0 saturated carbocycles. The Morgan fingerprint density at radius 1 is 1.37 bits per heavy atom. The highest BCUT2D eigenvalue weighted by Crippen LogP contribution is 2.16. The van der Waals surface area contributed by atoms with Gasteiger partial charge in [0, 0.05) is 18.2 Å². The zero-order chi connectivity index (χ0) is 13.5. The van der Waals surface area contributed by atoms with Crippen LogP contribution < -0.4 is 15.4 Å². The van der Waals surface area contributed by atoms with Crippen molar-refractivity contribution < 1.29 is 9.53 Å². The summed E-state index contributed by atoms with van der Waals surface area (Å²) in [5, 5.41) is 6.30. The molecule has 1 heterocycles. The first kappa shape index (κ1) is 13.9. The van der Waals surface area contributed by atoms with E-state index in [2.05, 4.69) is 10.6 Å². The lowest BCUT2D eigenvalue weighted by Gasteiger charge is -2.22. The van der Waals surface area contributed by atoms with Gasteiger partial charge in [-0.3, -0.25) is 4.79 Å². The second-order valence-corrected chi connectivity index (χ2v) is 4.86. The van der Waals surface area contributed by atoms with Gasteiger partial charge in [-0.15, -0.1) is 0 Å². The van der Waals surface area contributed by atoms with Gasteiger partial charge >= 0.3 is 0 Å². The fourth-order valence-corrected chi connectivity index (χ4v) is 2.34. The van der Waals surface area contributed by atoms with E-state index in [0.717, 1.165) is 24.4 Å². The largest absolute Gasteiger partial charge is 0.494 e. The highest BCUT2D eigenvalue weighted by molar-refractivity contribution is 5.91. The smallest absolute Gasteiger partial charge is 0.225 e. The monoisotopic (exact) mass is 262 g/mol. The average Bonchev–Trinajstić information content (AvgIpc) is 2.42. The van der Waals surface area contributed by atoms with E-state index in [-0.39, 0.29) is 5.91 Å². The maximum atomic E-state index is 11.9. The standard InChI is InChI=1S/C15H22N2O2/c1-2-19-14-8-6-12(7-9-14)17-15(18)11-13-5-3-4-10-16-13/h6-9,13,16H,2-5,10-11H2,1H3,(H,17,18). The minimum absolute atomic E-state index is 0.0727. The van der Waals surface area contributed by atoms with E-state index in [1.54, 1.807) is 0 Å². The van der Waals surface area contributed by atoms with E-state index >= 15 is 0 Å². The van der Waals surface area contributed by atoms with Gasteiger partial charge in [0.25, 0.3) is 0 Å². The van der Waals surface area contributed by atoms with Crippen molar-refractivity contribution >= 4 is 11.6 Å². The van der Waals surface area contributed by atoms with Crippen LogP contribution in [0.5, 0.6) is 5.75 Å². The number of anilines is 1. The molecule has 0 bridgehead atoms. The minimum Gasteiger partial charge on any atom is -0.494 e. The number of carbonyl (C=O) groups is 1. The van der Waals surface area contributed by atoms with E-state index in [1.807, 2.05) is 31.2 Å². The summed E-state index contributed by atoms with van der Waals surface area (Å²) in [4.78, 5) is 11.9. The number of piperidine rings is 1. The van der Waals surface area contributed by atoms with Crippen molar-refractivity contribution in [1.82, 2.24) is 5.32 Å². The van der Waals surface area contributed by atoms with E-state index < -0.39 is 0 Å². The molecule has 1 aromatic carbocycles. The van der Waals surface area contributed by atoms with Gasteiger partial charge in [-0.05, 0) is 50.6 Å². The predicted octanol–water partition coefficient (Wildman–Crippen LogP) is 2.56. The van der Waals surface area contributed by atoms with Gasteiger partial charge < -0.3 is 15.4 Å². The van der Waals surface area contributed by atoms with Crippen molar-refractivity contribution in [1.29, 1.82) is 0 Å². The second kappa shape index (κ2) is 7.14. The van der Waals surface area contributed by atoms with Gasteiger partial charge in [0.15, 0.2) is 0 Å². The molecule has 104 valence electrons. The molecule has 1 aliphatic heterocycles. The lowest BCUT2D eigenvalue weighted by molar-refractivity contribution is -0.116. The maximum absolute atomic E-state index is 11.9. The number of ether oxygens (including phenoxy) is 1. The Balaban J connectivity index is 1.80. The SMILES string of the molecule is CCOc1ccc(NC(=O)CC2CCCCN2)cc1. The molecule has 1 unspecified atom stereocenters. The molecule has 1 aliphatic rings. The van der Waals surface area contributed by atoms with Crippen molar-refractivity contribution in [2.45, 2.75) is 38.6 Å². The predicted molar refractivity (Wildman–Crippen MR) is 76.5 cm³/mol. The molecule has 0 aromatic heterocycles. The van der Waals surface area contributed by atoms with E-state index in [1.165, 1.54) is 12.8 Å². The van der Waals surface area contributed by atoms with Gasteiger partial charge in [-0.1, -0.05) is 6.42 Å². The molecule has 1 aromatic rings. The summed E-state index contributed by atoms with van der Waals surface area (Å²) in [6, 6.07) is 7.82. The van der Waals surface area contributed by atoms with Crippen molar-refractivity contribution in [2.75, 3.05) is 18.5 Å². The number of hydrogen-bond donors (Lipinski definition) is 2. The Morgan fingerprint density at radius 3 is 2.79 bits per heavy atom. The van der Waals surface area contributed by atoms with E-state index in [4.69, 9.17) is 4.74 Å². The Hall–Kier alpha value is -1.55. The van der Waals surface area contributed by atoms with Crippen LogP contribution in [0.4, 0.5) is 5.69 Å². The van der Waals surface area contributed by atoms with Crippen LogP contribution in [0.25, 0.3) is 0 Å². The van der Waals surface area contributed by atoms with Gasteiger partial charge in [0.2, 0.25) is 5.91 Å². The van der Waals surface area contributed by atoms with Crippen molar-refractivity contribution in [3.63, 3.8) is 0 Å². The number of amides is 1. The summed E-state index contributed by atoms with van der Waals surface area (Å²) < 4.78 is 5.36. The number of benzene rings is 1. The zero-order valence-corrected chi connectivity index (χ0v) is 11.4. The maximum Gasteiger partial charge on any atom is 0.225 e. The third-order valence-electron chi connectivity index (χ3n) is 3.29. The lowest BCUT2D eigenvalue weighted by Crippen LogP contribution is -2.36. The number of nitrogens with one attached hydrogen (secondary N) is 2. The molecule has 2 rings (SSSR count). The molecule has 0 radical (unpaired) electrons. The Morgan fingerprint density at radius 2 is 2.16 bits per heavy atom. The molecule has 0 aliphatic carbocycles. The third-order valence-corrected chi connectivity index (χ3v) is 3.29. The highest BCUT2D eigenvalue weighted by atomic mass is 16.5. The van der Waals surface area contributed by atoms with Crippen LogP contribution in [0.15, 0.2) is 24.3 Å². The minimum atomic E-state index is 0.0727. The van der Waals surface area contributed by atoms with Gasteiger partial charge in [-0.25, -0.2) is 0 Å². The fraction of sp³-hybridized carbons (Fsp3) is 0.533. The first-order valence-corrected chi connectivity index (χ1v) is 7.04. The molecule has 0 spiro atoms. The van der Waals surface area contributed by atoms with Crippen LogP contribution in [-0.4, -0.2) is 25.1 Å².